The van der Waals surface area contributed by atoms with E-state index in [9.17, 15) is 9.90 Å². The molecule has 1 aromatic rings. The van der Waals surface area contributed by atoms with Gasteiger partial charge in [0.05, 0.1) is 13.7 Å². The number of amides is 1. The van der Waals surface area contributed by atoms with Gasteiger partial charge in [0, 0.05) is 24.8 Å². The summed E-state index contributed by atoms with van der Waals surface area (Å²) in [7, 11) is 1.60. The van der Waals surface area contributed by atoms with E-state index in [0.29, 0.717) is 12.5 Å². The molecule has 0 bridgehead atoms. The first-order chi connectivity index (χ1) is 9.15. The lowest BCUT2D eigenvalue weighted by Crippen LogP contribution is -2.45. The third-order valence-corrected chi connectivity index (χ3v) is 3.32. The standard InChI is InChI=1S/C14H20N2O3/c1-10-7-15-13(9-17)14(18)16(8-10)11-4-3-5-12(6-11)19-2/h3-6,10,13,15,17H,7-9H2,1-2H3. The summed E-state index contributed by atoms with van der Waals surface area (Å²) in [6.07, 6.45) is 0. The second kappa shape index (κ2) is 6.04. The summed E-state index contributed by atoms with van der Waals surface area (Å²) in [6, 6.07) is 6.89. The van der Waals surface area contributed by atoms with Crippen LogP contribution in [0.15, 0.2) is 24.3 Å². The average molecular weight is 264 g/mol. The molecule has 1 saturated heterocycles. The Bertz CT molecular complexity index is 450. The molecule has 0 aliphatic carbocycles. The fourth-order valence-corrected chi connectivity index (χ4v) is 2.24. The molecule has 5 heteroatoms. The minimum Gasteiger partial charge on any atom is -0.497 e. The normalized spacial score (nSPS) is 24.2. The molecule has 104 valence electrons. The minimum atomic E-state index is -0.531. The smallest absolute Gasteiger partial charge is 0.246 e. The van der Waals surface area contributed by atoms with Crippen LogP contribution in [0.2, 0.25) is 0 Å². The lowest BCUT2D eigenvalue weighted by molar-refractivity contribution is -0.121. The van der Waals surface area contributed by atoms with Gasteiger partial charge >= 0.3 is 0 Å². The van der Waals surface area contributed by atoms with Crippen LogP contribution in [0.4, 0.5) is 5.69 Å². The Morgan fingerprint density at radius 2 is 2.32 bits per heavy atom. The fraction of sp³-hybridized carbons (Fsp3) is 0.500. The van der Waals surface area contributed by atoms with Crippen molar-refractivity contribution in [1.82, 2.24) is 5.32 Å². The molecule has 1 heterocycles. The van der Waals surface area contributed by atoms with E-state index < -0.39 is 6.04 Å². The van der Waals surface area contributed by atoms with Crippen LogP contribution >= 0.6 is 0 Å². The number of ether oxygens (including phenoxy) is 1. The Morgan fingerprint density at radius 3 is 3.00 bits per heavy atom. The van der Waals surface area contributed by atoms with Gasteiger partial charge in [0.1, 0.15) is 11.8 Å². The van der Waals surface area contributed by atoms with E-state index in [4.69, 9.17) is 4.74 Å². The van der Waals surface area contributed by atoms with Gasteiger partial charge in [-0.25, -0.2) is 0 Å². The number of nitrogens with zero attached hydrogens (tertiary/aromatic N) is 1. The summed E-state index contributed by atoms with van der Waals surface area (Å²) in [6.45, 7) is 3.24. The number of carbonyl (C=O) groups is 1. The van der Waals surface area contributed by atoms with Crippen LogP contribution in [-0.4, -0.2) is 43.9 Å². The molecule has 1 aliphatic rings. The van der Waals surface area contributed by atoms with E-state index in [2.05, 4.69) is 12.2 Å². The van der Waals surface area contributed by atoms with E-state index in [1.165, 1.54) is 0 Å². The van der Waals surface area contributed by atoms with Crippen molar-refractivity contribution in [2.75, 3.05) is 31.7 Å². The SMILES string of the molecule is COc1cccc(N2CC(C)CNC(CO)C2=O)c1. The second-order valence-electron chi connectivity index (χ2n) is 4.90. The van der Waals surface area contributed by atoms with Gasteiger partial charge in [-0.15, -0.1) is 0 Å². The van der Waals surface area contributed by atoms with Crippen molar-refractivity contribution in [2.45, 2.75) is 13.0 Å². The first kappa shape index (κ1) is 13.8. The monoisotopic (exact) mass is 264 g/mol. The number of aliphatic hydroxyl groups is 1. The maximum Gasteiger partial charge on any atom is 0.246 e. The molecule has 1 fully saturated rings. The Kier molecular flexibility index (Phi) is 4.39. The Morgan fingerprint density at radius 1 is 1.53 bits per heavy atom. The topological polar surface area (TPSA) is 61.8 Å². The van der Waals surface area contributed by atoms with Crippen LogP contribution in [0.5, 0.6) is 5.75 Å². The molecular formula is C14H20N2O3. The molecule has 5 nitrogen and oxygen atoms in total. The molecule has 0 saturated carbocycles. The van der Waals surface area contributed by atoms with Crippen LogP contribution < -0.4 is 15.0 Å². The molecule has 0 aromatic heterocycles. The molecule has 19 heavy (non-hydrogen) atoms. The summed E-state index contributed by atoms with van der Waals surface area (Å²) in [4.78, 5) is 14.1. The average Bonchev–Trinajstić information content (AvgIpc) is 2.58. The van der Waals surface area contributed by atoms with E-state index in [1.54, 1.807) is 12.0 Å². The molecule has 2 unspecified atom stereocenters. The molecule has 2 rings (SSSR count). The number of carbonyl (C=O) groups excluding carboxylic acids is 1. The fourth-order valence-electron chi connectivity index (χ4n) is 2.24. The van der Waals surface area contributed by atoms with E-state index >= 15 is 0 Å². The van der Waals surface area contributed by atoms with Gasteiger partial charge in [-0.05, 0) is 18.1 Å². The first-order valence-corrected chi connectivity index (χ1v) is 6.45. The summed E-state index contributed by atoms with van der Waals surface area (Å²) >= 11 is 0. The number of rotatable bonds is 3. The maximum atomic E-state index is 12.4. The molecular weight excluding hydrogens is 244 g/mol. The van der Waals surface area contributed by atoms with Gasteiger partial charge < -0.3 is 20.1 Å². The van der Waals surface area contributed by atoms with E-state index in [1.807, 2.05) is 24.3 Å². The number of anilines is 1. The van der Waals surface area contributed by atoms with Crippen molar-refractivity contribution in [2.24, 2.45) is 5.92 Å². The highest BCUT2D eigenvalue weighted by Crippen LogP contribution is 2.23. The maximum absolute atomic E-state index is 12.4. The first-order valence-electron chi connectivity index (χ1n) is 6.45. The van der Waals surface area contributed by atoms with Crippen LogP contribution in [-0.2, 0) is 4.79 Å². The number of hydrogen-bond donors (Lipinski definition) is 2. The van der Waals surface area contributed by atoms with Crippen molar-refractivity contribution < 1.29 is 14.6 Å². The molecule has 1 aliphatic heterocycles. The molecule has 1 aromatic carbocycles. The highest BCUT2D eigenvalue weighted by atomic mass is 16.5. The number of aliphatic hydroxyl groups excluding tert-OH is 1. The Balaban J connectivity index is 2.30. The zero-order chi connectivity index (χ0) is 13.8. The molecule has 1 amide bonds. The highest BCUT2D eigenvalue weighted by Gasteiger charge is 2.29. The zero-order valence-electron chi connectivity index (χ0n) is 11.3. The highest BCUT2D eigenvalue weighted by molar-refractivity contribution is 5.97. The van der Waals surface area contributed by atoms with Crippen molar-refractivity contribution in [3.63, 3.8) is 0 Å². The predicted octanol–water partition coefficient (Wildman–Crippen LogP) is 0.628. The summed E-state index contributed by atoms with van der Waals surface area (Å²) in [5.74, 6) is 0.947. The van der Waals surface area contributed by atoms with Crippen molar-refractivity contribution in [3.8, 4) is 5.75 Å². The number of methoxy groups -OCH3 is 1. The van der Waals surface area contributed by atoms with Crippen molar-refractivity contribution in [3.05, 3.63) is 24.3 Å². The quantitative estimate of drug-likeness (QED) is 0.840. The second-order valence-corrected chi connectivity index (χ2v) is 4.90. The van der Waals surface area contributed by atoms with Gasteiger partial charge in [-0.3, -0.25) is 4.79 Å². The number of hydrogen-bond acceptors (Lipinski definition) is 4. The van der Waals surface area contributed by atoms with E-state index in [0.717, 1.165) is 18.0 Å². The molecule has 0 radical (unpaired) electrons. The van der Waals surface area contributed by atoms with Crippen LogP contribution in [0.1, 0.15) is 6.92 Å². The zero-order valence-corrected chi connectivity index (χ0v) is 11.3. The Hall–Kier alpha value is -1.59. The van der Waals surface area contributed by atoms with Gasteiger partial charge in [0.25, 0.3) is 0 Å². The number of benzene rings is 1. The molecule has 2 N–H and O–H groups in total. The van der Waals surface area contributed by atoms with Crippen molar-refractivity contribution in [1.29, 1.82) is 0 Å². The minimum absolute atomic E-state index is 0.0971. The molecule has 2 atom stereocenters. The van der Waals surface area contributed by atoms with Gasteiger partial charge in [-0.2, -0.15) is 0 Å². The Labute approximate surface area is 113 Å². The van der Waals surface area contributed by atoms with Crippen molar-refractivity contribution >= 4 is 11.6 Å². The van der Waals surface area contributed by atoms with Gasteiger partial charge in [0.2, 0.25) is 5.91 Å². The summed E-state index contributed by atoms with van der Waals surface area (Å²) < 4.78 is 5.19. The summed E-state index contributed by atoms with van der Waals surface area (Å²) in [5, 5.41) is 12.4. The van der Waals surface area contributed by atoms with Gasteiger partial charge in [0.15, 0.2) is 0 Å². The third kappa shape index (κ3) is 3.05. The van der Waals surface area contributed by atoms with Crippen LogP contribution in [0.25, 0.3) is 0 Å². The lowest BCUT2D eigenvalue weighted by atomic mass is 10.1. The van der Waals surface area contributed by atoms with Crippen LogP contribution in [0.3, 0.4) is 0 Å². The predicted molar refractivity (Wildman–Crippen MR) is 73.4 cm³/mol. The molecule has 0 spiro atoms. The third-order valence-electron chi connectivity index (χ3n) is 3.32. The lowest BCUT2D eigenvalue weighted by Gasteiger charge is -2.25. The largest absolute Gasteiger partial charge is 0.497 e. The van der Waals surface area contributed by atoms with E-state index in [-0.39, 0.29) is 12.5 Å². The number of nitrogens with one attached hydrogen (secondary N) is 1. The van der Waals surface area contributed by atoms with Gasteiger partial charge in [-0.1, -0.05) is 13.0 Å². The summed E-state index contributed by atoms with van der Waals surface area (Å²) in [5.41, 5.74) is 0.804. The van der Waals surface area contributed by atoms with Crippen LogP contribution in [0, 0.1) is 5.92 Å².